The van der Waals surface area contributed by atoms with Gasteiger partial charge in [-0.2, -0.15) is 5.26 Å². The lowest BCUT2D eigenvalue weighted by molar-refractivity contribution is 0.100. The summed E-state index contributed by atoms with van der Waals surface area (Å²) in [6, 6.07) is 11.6. The van der Waals surface area contributed by atoms with E-state index in [0.29, 0.717) is 11.1 Å². The molecule has 1 heterocycles. The Hall–Kier alpha value is -2.03. The van der Waals surface area contributed by atoms with Crippen LogP contribution in [0.5, 0.6) is 0 Å². The van der Waals surface area contributed by atoms with Gasteiger partial charge in [-0.05, 0) is 68.2 Å². The van der Waals surface area contributed by atoms with Crippen molar-refractivity contribution < 1.29 is 4.79 Å². The fraction of sp³-hybridized carbons (Fsp3) is 0.368. The number of aromatic nitrogens is 1. The molecule has 0 saturated carbocycles. The number of nitriles is 1. The van der Waals surface area contributed by atoms with Crippen LogP contribution in [0.25, 0.3) is 5.69 Å². The zero-order valence-electron chi connectivity index (χ0n) is 14.8. The predicted octanol–water partition coefficient (Wildman–Crippen LogP) is 3.04. The topological polar surface area (TPSA) is 71.8 Å². The number of aryl methyl sites for hydroxylation is 1. The molecule has 0 radical (unpaired) electrons. The second kappa shape index (κ2) is 7.25. The first-order valence-electron chi connectivity index (χ1n) is 7.88. The van der Waals surface area contributed by atoms with Crippen LogP contribution in [0.3, 0.4) is 0 Å². The second-order valence-corrected chi connectivity index (χ2v) is 11.4. The zero-order valence-corrected chi connectivity index (χ0v) is 15.6. The molecule has 0 aliphatic carbocycles. The van der Waals surface area contributed by atoms with Crippen molar-refractivity contribution in [2.24, 2.45) is 5.73 Å². The van der Waals surface area contributed by atoms with Crippen molar-refractivity contribution in [3.8, 4) is 11.8 Å². The standard InChI is InChI=1S/C19H25N3OS/c1-14-18(19(23)13-21)11-17(9-10-24(2,3)4)22(14)16-7-5-15(12-20)6-8-16/h5-8,11H,9-10,13,21H2,1-4H3. The van der Waals surface area contributed by atoms with Gasteiger partial charge in [-0.1, -0.05) is 0 Å². The van der Waals surface area contributed by atoms with Crippen molar-refractivity contribution in [1.82, 2.24) is 4.57 Å². The Morgan fingerprint density at radius 1 is 1.25 bits per heavy atom. The lowest BCUT2D eigenvalue weighted by Crippen LogP contribution is -2.14. The van der Waals surface area contributed by atoms with Crippen molar-refractivity contribution in [2.75, 3.05) is 31.1 Å². The van der Waals surface area contributed by atoms with Gasteiger partial charge in [0, 0.05) is 22.6 Å². The van der Waals surface area contributed by atoms with Crippen molar-refractivity contribution in [3.05, 3.63) is 52.8 Å². The van der Waals surface area contributed by atoms with Gasteiger partial charge in [-0.3, -0.25) is 4.79 Å². The van der Waals surface area contributed by atoms with Crippen molar-refractivity contribution in [1.29, 1.82) is 5.26 Å². The summed E-state index contributed by atoms with van der Waals surface area (Å²) < 4.78 is 2.12. The summed E-state index contributed by atoms with van der Waals surface area (Å²) >= 11 is 0. The third-order valence-corrected chi connectivity index (χ3v) is 5.46. The molecule has 0 atom stereocenters. The first kappa shape index (κ1) is 18.3. The van der Waals surface area contributed by atoms with Gasteiger partial charge in [0.15, 0.2) is 5.78 Å². The first-order chi connectivity index (χ1) is 11.3. The van der Waals surface area contributed by atoms with E-state index >= 15 is 0 Å². The summed E-state index contributed by atoms with van der Waals surface area (Å²) in [4.78, 5) is 12.2. The Labute approximate surface area is 145 Å². The minimum Gasteiger partial charge on any atom is -0.324 e. The van der Waals surface area contributed by atoms with Crippen LogP contribution in [-0.4, -0.2) is 41.4 Å². The van der Waals surface area contributed by atoms with E-state index in [1.807, 2.05) is 25.1 Å². The zero-order chi connectivity index (χ0) is 17.9. The maximum Gasteiger partial charge on any atom is 0.178 e. The number of nitrogens with two attached hydrogens (primary N) is 1. The fourth-order valence-corrected chi connectivity index (χ4v) is 3.52. The van der Waals surface area contributed by atoms with E-state index in [4.69, 9.17) is 11.0 Å². The number of nitrogens with zero attached hydrogens (tertiary/aromatic N) is 2. The van der Waals surface area contributed by atoms with E-state index in [1.165, 1.54) is 0 Å². The molecule has 2 N–H and O–H groups in total. The maximum absolute atomic E-state index is 12.2. The fourth-order valence-electron chi connectivity index (χ4n) is 2.70. The average molecular weight is 343 g/mol. The molecule has 24 heavy (non-hydrogen) atoms. The minimum absolute atomic E-state index is 0.0161. The van der Waals surface area contributed by atoms with E-state index in [0.717, 1.165) is 29.2 Å². The van der Waals surface area contributed by atoms with Gasteiger partial charge < -0.3 is 10.3 Å². The largest absolute Gasteiger partial charge is 0.324 e. The average Bonchev–Trinajstić information content (AvgIpc) is 2.88. The molecule has 0 aliphatic heterocycles. The van der Waals surface area contributed by atoms with Crippen molar-refractivity contribution in [3.63, 3.8) is 0 Å². The molecule has 128 valence electrons. The van der Waals surface area contributed by atoms with Gasteiger partial charge in [-0.15, -0.1) is 0 Å². The summed E-state index contributed by atoms with van der Waals surface area (Å²) in [6.07, 6.45) is 7.79. The van der Waals surface area contributed by atoms with E-state index in [1.54, 1.807) is 12.1 Å². The van der Waals surface area contributed by atoms with Gasteiger partial charge >= 0.3 is 0 Å². The SMILES string of the molecule is Cc1c(C(=O)CN)cc(CCS(C)(C)C)n1-c1ccc(C#N)cc1. The van der Waals surface area contributed by atoms with E-state index in [-0.39, 0.29) is 12.3 Å². The number of Topliss-reactive ketones (excluding diaryl/α,β-unsaturated/α-hetero) is 1. The quantitative estimate of drug-likeness (QED) is 0.820. The number of carbonyl (C=O) groups is 1. The van der Waals surface area contributed by atoms with Crippen LogP contribution in [0.2, 0.25) is 0 Å². The molecule has 0 spiro atoms. The number of ketones is 1. The maximum atomic E-state index is 12.2. The molecular weight excluding hydrogens is 318 g/mol. The van der Waals surface area contributed by atoms with Gasteiger partial charge in [-0.25, -0.2) is 10.0 Å². The van der Waals surface area contributed by atoms with Gasteiger partial charge in [0.1, 0.15) is 0 Å². The third kappa shape index (κ3) is 4.08. The lowest BCUT2D eigenvalue weighted by atomic mass is 10.1. The van der Waals surface area contributed by atoms with Gasteiger partial charge in [0.25, 0.3) is 0 Å². The Morgan fingerprint density at radius 3 is 2.38 bits per heavy atom. The number of hydrogen-bond donors (Lipinski definition) is 1. The minimum atomic E-state index is -0.627. The molecule has 2 rings (SSSR count). The Bertz CT molecular complexity index is 777. The molecule has 0 aliphatic rings. The molecule has 2 aromatic rings. The second-order valence-electron chi connectivity index (χ2n) is 6.80. The number of rotatable bonds is 6. The van der Waals surface area contributed by atoms with Crippen LogP contribution >= 0.6 is 10.0 Å². The Morgan fingerprint density at radius 2 is 1.88 bits per heavy atom. The molecule has 1 aromatic carbocycles. The summed E-state index contributed by atoms with van der Waals surface area (Å²) in [5.74, 6) is 1.06. The van der Waals surface area contributed by atoms with Gasteiger partial charge in [0.05, 0.1) is 18.2 Å². The summed E-state index contributed by atoms with van der Waals surface area (Å²) in [5, 5.41) is 8.98. The lowest BCUT2D eigenvalue weighted by Gasteiger charge is -2.25. The van der Waals surface area contributed by atoms with E-state index in [9.17, 15) is 4.79 Å². The van der Waals surface area contributed by atoms with Crippen molar-refractivity contribution in [2.45, 2.75) is 13.3 Å². The highest BCUT2D eigenvalue weighted by Gasteiger charge is 2.18. The van der Waals surface area contributed by atoms with Gasteiger partial charge in [0.2, 0.25) is 0 Å². The third-order valence-electron chi connectivity index (χ3n) is 4.03. The number of carbonyl (C=O) groups excluding carboxylic acids is 1. The molecule has 4 nitrogen and oxygen atoms in total. The molecular formula is C19H25N3OS. The normalized spacial score (nSPS) is 12.0. The highest BCUT2D eigenvalue weighted by atomic mass is 32.3. The van der Waals surface area contributed by atoms with Crippen LogP contribution in [-0.2, 0) is 6.42 Å². The molecule has 1 aromatic heterocycles. The molecule has 0 saturated heterocycles. The first-order valence-corrected chi connectivity index (χ1v) is 10.9. The van der Waals surface area contributed by atoms with E-state index in [2.05, 4.69) is 29.4 Å². The van der Waals surface area contributed by atoms with Crippen LogP contribution in [0.4, 0.5) is 0 Å². The summed E-state index contributed by atoms with van der Waals surface area (Å²) in [6.45, 7) is 1.97. The highest BCUT2D eigenvalue weighted by Crippen LogP contribution is 2.36. The van der Waals surface area contributed by atoms with E-state index < -0.39 is 10.0 Å². The molecule has 0 bridgehead atoms. The number of benzene rings is 1. The highest BCUT2D eigenvalue weighted by molar-refractivity contribution is 8.32. The molecule has 0 unspecified atom stereocenters. The summed E-state index contributed by atoms with van der Waals surface area (Å²) in [5.41, 5.74) is 9.89. The van der Waals surface area contributed by atoms with Crippen LogP contribution in [0, 0.1) is 18.3 Å². The predicted molar refractivity (Wildman–Crippen MR) is 103 cm³/mol. The Balaban J connectivity index is 2.51. The van der Waals surface area contributed by atoms with Crippen molar-refractivity contribution >= 4 is 15.8 Å². The molecule has 0 fully saturated rings. The number of hydrogen-bond acceptors (Lipinski definition) is 3. The van der Waals surface area contributed by atoms with Crippen LogP contribution < -0.4 is 5.73 Å². The van der Waals surface area contributed by atoms with Crippen LogP contribution in [0.1, 0.15) is 27.3 Å². The Kier molecular flexibility index (Phi) is 5.53. The smallest absolute Gasteiger partial charge is 0.178 e. The molecule has 0 amide bonds. The molecule has 5 heteroatoms. The van der Waals surface area contributed by atoms with Crippen LogP contribution in [0.15, 0.2) is 30.3 Å². The monoisotopic (exact) mass is 343 g/mol. The summed E-state index contributed by atoms with van der Waals surface area (Å²) in [7, 11) is -0.627.